The molecule has 6 nitrogen and oxygen atoms in total. The highest BCUT2D eigenvalue weighted by molar-refractivity contribution is 5.08. The van der Waals surface area contributed by atoms with Crippen LogP contribution in [0.15, 0.2) is 0 Å². The molecule has 1 saturated carbocycles. The molecule has 40 heavy (non-hydrogen) atoms. The lowest BCUT2D eigenvalue weighted by Gasteiger charge is -2.42. The molecule has 0 bridgehead atoms. The largest absolute Gasteiger partial charge is 0.315 e. The molecule has 4 rings (SSSR count). The van der Waals surface area contributed by atoms with Gasteiger partial charge in [-0.15, -0.1) is 0 Å². The molecule has 0 aromatic carbocycles. The SMILES string of the molecule is CNC1CCN(C(C)(C)CC2CC2N(CCNC2CCN(C(C)(C)C)C2C)C2CN(C(C)(C)C)C(C)(C)C2)[C@@H]1C. The number of rotatable bonds is 10. The Hall–Kier alpha value is -0.240. The standard InChI is InChI=1S/C34H68N6/c1-24-28(35-13)14-18-39(24)33(9,10)21-26-20-30(26)37(27-22-34(11,12)40(23-27)32(6,7)8)19-16-36-29-15-17-38(25(29)2)31(3,4)5/h24-30,35-36H,14-23H2,1-13H3/t24-,25?,26?,27?,28?,29?,30?/m1/s1. The van der Waals surface area contributed by atoms with Crippen molar-refractivity contribution in [3.63, 3.8) is 0 Å². The highest BCUT2D eigenvalue weighted by Crippen LogP contribution is 2.47. The minimum Gasteiger partial charge on any atom is -0.315 e. The third-order valence-electron chi connectivity index (χ3n) is 11.5. The van der Waals surface area contributed by atoms with Gasteiger partial charge in [-0.2, -0.15) is 0 Å². The number of likely N-dealkylation sites (tertiary alicyclic amines) is 3. The zero-order chi connectivity index (χ0) is 29.8. The van der Waals surface area contributed by atoms with Gasteiger partial charge in [0.2, 0.25) is 0 Å². The van der Waals surface area contributed by atoms with E-state index in [0.29, 0.717) is 30.2 Å². The summed E-state index contributed by atoms with van der Waals surface area (Å²) in [6, 6.07) is 3.86. The van der Waals surface area contributed by atoms with E-state index < -0.39 is 0 Å². The fourth-order valence-electron chi connectivity index (χ4n) is 9.57. The second-order valence-corrected chi connectivity index (χ2v) is 17.3. The van der Waals surface area contributed by atoms with Crippen LogP contribution in [0.3, 0.4) is 0 Å². The highest BCUT2D eigenvalue weighted by Gasteiger charge is 2.52. The van der Waals surface area contributed by atoms with Crippen LogP contribution >= 0.6 is 0 Å². The van der Waals surface area contributed by atoms with Crippen LogP contribution in [0.5, 0.6) is 0 Å². The summed E-state index contributed by atoms with van der Waals surface area (Å²) in [6.45, 7) is 35.1. The summed E-state index contributed by atoms with van der Waals surface area (Å²) >= 11 is 0. The Kier molecular flexibility index (Phi) is 9.55. The molecule has 2 N–H and O–H groups in total. The van der Waals surface area contributed by atoms with Gasteiger partial charge in [-0.3, -0.25) is 19.6 Å². The van der Waals surface area contributed by atoms with Crippen molar-refractivity contribution >= 4 is 0 Å². The lowest BCUT2D eigenvalue weighted by molar-refractivity contribution is 0.0640. The third kappa shape index (κ3) is 6.94. The molecule has 3 aliphatic heterocycles. The summed E-state index contributed by atoms with van der Waals surface area (Å²) in [4.78, 5) is 11.3. The van der Waals surface area contributed by atoms with Crippen molar-refractivity contribution in [3.05, 3.63) is 0 Å². The number of hydrogen-bond donors (Lipinski definition) is 2. The fraction of sp³-hybridized carbons (Fsp3) is 1.00. The summed E-state index contributed by atoms with van der Waals surface area (Å²) in [5.74, 6) is 0.824. The second kappa shape index (κ2) is 11.7. The monoisotopic (exact) mass is 561 g/mol. The molecule has 1 aliphatic carbocycles. The van der Waals surface area contributed by atoms with Gasteiger partial charge in [-0.1, -0.05) is 0 Å². The van der Waals surface area contributed by atoms with E-state index in [4.69, 9.17) is 0 Å². The molecule has 6 unspecified atom stereocenters. The predicted octanol–water partition coefficient (Wildman–Crippen LogP) is 5.03. The maximum absolute atomic E-state index is 4.05. The molecule has 0 spiro atoms. The Morgan fingerprint density at radius 1 is 0.850 bits per heavy atom. The molecule has 7 atom stereocenters. The van der Waals surface area contributed by atoms with Crippen molar-refractivity contribution < 1.29 is 0 Å². The summed E-state index contributed by atoms with van der Waals surface area (Å²) in [6.07, 6.45) is 6.53. The molecule has 0 radical (unpaired) electrons. The van der Waals surface area contributed by atoms with Crippen molar-refractivity contribution in [3.8, 4) is 0 Å². The third-order valence-corrected chi connectivity index (χ3v) is 11.5. The molecule has 0 aromatic rings. The Bertz CT molecular complexity index is 840. The van der Waals surface area contributed by atoms with Crippen LogP contribution in [0.2, 0.25) is 0 Å². The normalized spacial score (nSPS) is 36.3. The van der Waals surface area contributed by atoms with Gasteiger partial charge < -0.3 is 10.6 Å². The summed E-state index contributed by atoms with van der Waals surface area (Å²) in [5, 5.41) is 7.61. The minimum absolute atomic E-state index is 0.207. The molecule has 6 heteroatoms. The van der Waals surface area contributed by atoms with Crippen LogP contribution in [-0.2, 0) is 0 Å². The van der Waals surface area contributed by atoms with E-state index in [1.54, 1.807) is 0 Å². The molecule has 234 valence electrons. The first-order valence-electron chi connectivity index (χ1n) is 16.8. The lowest BCUT2D eigenvalue weighted by atomic mass is 9.93. The molecule has 3 saturated heterocycles. The first-order valence-corrected chi connectivity index (χ1v) is 16.8. The maximum atomic E-state index is 4.05. The zero-order valence-electron chi connectivity index (χ0n) is 28.9. The molecular weight excluding hydrogens is 492 g/mol. The van der Waals surface area contributed by atoms with Gasteiger partial charge in [0, 0.05) is 91.1 Å². The van der Waals surface area contributed by atoms with Crippen molar-refractivity contribution in [1.29, 1.82) is 0 Å². The van der Waals surface area contributed by atoms with Gasteiger partial charge in [0.15, 0.2) is 0 Å². The van der Waals surface area contributed by atoms with Gasteiger partial charge in [0.05, 0.1) is 0 Å². The second-order valence-electron chi connectivity index (χ2n) is 17.3. The molecular formula is C34H68N6. The van der Waals surface area contributed by atoms with Crippen LogP contribution in [-0.4, -0.2) is 118 Å². The van der Waals surface area contributed by atoms with Crippen molar-refractivity contribution in [1.82, 2.24) is 30.2 Å². The number of nitrogens with one attached hydrogen (secondary N) is 2. The van der Waals surface area contributed by atoms with Crippen LogP contribution < -0.4 is 10.6 Å². The average Bonchev–Trinajstić information content (AvgIpc) is 3.10. The van der Waals surface area contributed by atoms with Crippen molar-refractivity contribution in [2.45, 2.75) is 174 Å². The molecule has 3 heterocycles. The van der Waals surface area contributed by atoms with E-state index in [1.807, 2.05) is 0 Å². The Labute approximate surface area is 249 Å². The van der Waals surface area contributed by atoms with Gasteiger partial charge in [-0.05, 0) is 128 Å². The van der Waals surface area contributed by atoms with Crippen LogP contribution in [0.1, 0.15) is 115 Å². The first-order chi connectivity index (χ1) is 18.4. The van der Waals surface area contributed by atoms with Gasteiger partial charge in [0.25, 0.3) is 0 Å². The smallest absolute Gasteiger partial charge is 0.0244 e. The number of hydrogen-bond acceptors (Lipinski definition) is 6. The van der Waals surface area contributed by atoms with E-state index in [0.717, 1.165) is 18.5 Å². The van der Waals surface area contributed by atoms with Crippen LogP contribution in [0.25, 0.3) is 0 Å². The van der Waals surface area contributed by atoms with Gasteiger partial charge in [0.1, 0.15) is 0 Å². The molecule has 0 aromatic heterocycles. The van der Waals surface area contributed by atoms with Crippen LogP contribution in [0, 0.1) is 5.92 Å². The van der Waals surface area contributed by atoms with Crippen molar-refractivity contribution in [2.75, 3.05) is 39.8 Å². The maximum Gasteiger partial charge on any atom is 0.0244 e. The van der Waals surface area contributed by atoms with E-state index in [9.17, 15) is 0 Å². The van der Waals surface area contributed by atoms with Gasteiger partial charge in [-0.25, -0.2) is 0 Å². The van der Waals surface area contributed by atoms with E-state index in [2.05, 4.69) is 120 Å². The number of likely N-dealkylation sites (N-methyl/N-ethyl adjacent to an activating group) is 1. The minimum atomic E-state index is 0.207. The molecule has 4 fully saturated rings. The summed E-state index contributed by atoms with van der Waals surface area (Å²) in [7, 11) is 2.14. The Morgan fingerprint density at radius 3 is 1.98 bits per heavy atom. The van der Waals surface area contributed by atoms with Gasteiger partial charge >= 0.3 is 0 Å². The zero-order valence-corrected chi connectivity index (χ0v) is 28.9. The van der Waals surface area contributed by atoms with Crippen LogP contribution in [0.4, 0.5) is 0 Å². The highest BCUT2D eigenvalue weighted by atomic mass is 15.4. The van der Waals surface area contributed by atoms with Crippen molar-refractivity contribution in [2.24, 2.45) is 5.92 Å². The first kappa shape index (κ1) is 32.7. The van der Waals surface area contributed by atoms with E-state index >= 15 is 0 Å². The number of nitrogens with zero attached hydrogens (tertiary/aromatic N) is 4. The Morgan fingerprint density at radius 2 is 1.45 bits per heavy atom. The molecule has 4 aliphatic rings. The van der Waals surface area contributed by atoms with E-state index in [1.165, 1.54) is 58.3 Å². The molecule has 0 amide bonds. The van der Waals surface area contributed by atoms with E-state index in [-0.39, 0.29) is 22.2 Å². The average molecular weight is 561 g/mol. The quantitative estimate of drug-likeness (QED) is 0.390. The fourth-order valence-corrected chi connectivity index (χ4v) is 9.57. The summed E-state index contributed by atoms with van der Waals surface area (Å²) in [5.41, 5.74) is 0.968. The topological polar surface area (TPSA) is 37.0 Å². The summed E-state index contributed by atoms with van der Waals surface area (Å²) < 4.78 is 0. The lowest BCUT2D eigenvalue weighted by Crippen LogP contribution is -2.51. The predicted molar refractivity (Wildman–Crippen MR) is 172 cm³/mol. The Balaban J connectivity index is 1.42.